The van der Waals surface area contributed by atoms with Crippen LogP contribution in [0.4, 0.5) is 0 Å². The van der Waals surface area contributed by atoms with Gasteiger partial charge in [-0.05, 0) is 73.7 Å². The molecule has 0 aromatic carbocycles. The third kappa shape index (κ3) is 4.24. The van der Waals surface area contributed by atoms with Crippen molar-refractivity contribution in [2.45, 2.75) is 39.2 Å². The van der Waals surface area contributed by atoms with Gasteiger partial charge in [0.15, 0.2) is 0 Å². The van der Waals surface area contributed by atoms with Gasteiger partial charge >= 0.3 is 0 Å². The molecule has 0 spiro atoms. The van der Waals surface area contributed by atoms with Crippen molar-refractivity contribution in [2.24, 2.45) is 5.41 Å². The number of hydrogen-bond donors (Lipinski definition) is 0. The van der Waals surface area contributed by atoms with Crippen LogP contribution in [0.2, 0.25) is 0 Å². The zero-order valence-corrected chi connectivity index (χ0v) is 15.6. The lowest BCUT2D eigenvalue weighted by molar-refractivity contribution is 0.0466. The molecule has 24 heavy (non-hydrogen) atoms. The van der Waals surface area contributed by atoms with Crippen LogP contribution < -0.4 is 0 Å². The van der Waals surface area contributed by atoms with Crippen molar-refractivity contribution < 1.29 is 4.74 Å². The molecule has 4 heteroatoms. The van der Waals surface area contributed by atoms with E-state index in [2.05, 4.69) is 46.6 Å². The maximum absolute atomic E-state index is 5.89. The molecule has 3 rings (SSSR count). The number of aryl methyl sites for hydroxylation is 1. The Labute approximate surface area is 149 Å². The molecule has 2 aromatic rings. The first kappa shape index (κ1) is 17.6. The Morgan fingerprint density at radius 2 is 2.33 bits per heavy atom. The Morgan fingerprint density at radius 3 is 3.04 bits per heavy atom. The van der Waals surface area contributed by atoms with E-state index < -0.39 is 0 Å². The molecule has 1 aliphatic rings. The number of ether oxygens (including phenoxy) is 1. The van der Waals surface area contributed by atoms with E-state index >= 15 is 0 Å². The molecule has 1 fully saturated rings. The van der Waals surface area contributed by atoms with Gasteiger partial charge in [-0.25, -0.2) is 0 Å². The standard InChI is InChI=1S/C20H28N2OS/c1-3-23-16-20(8-6-18-7-12-24-14-18)9-11-22(15-20)17(2)19-5-4-10-21-13-19/h4-5,7,10,12-14,17H,3,6,8-9,11,15-16H2,1-2H3/t17?,20-/m1/s1. The summed E-state index contributed by atoms with van der Waals surface area (Å²) in [5.74, 6) is 0. The van der Waals surface area contributed by atoms with Crippen LogP contribution in [0.25, 0.3) is 0 Å². The van der Waals surface area contributed by atoms with E-state index in [0.29, 0.717) is 6.04 Å². The van der Waals surface area contributed by atoms with Crippen LogP contribution in [0.5, 0.6) is 0 Å². The predicted octanol–water partition coefficient (Wildman–Crippen LogP) is 4.57. The van der Waals surface area contributed by atoms with Crippen molar-refractivity contribution in [1.29, 1.82) is 0 Å². The second-order valence-electron chi connectivity index (χ2n) is 6.95. The van der Waals surface area contributed by atoms with E-state index in [1.807, 2.05) is 18.5 Å². The van der Waals surface area contributed by atoms with Gasteiger partial charge in [0.25, 0.3) is 0 Å². The number of aromatic nitrogens is 1. The normalized spacial score (nSPS) is 22.8. The average Bonchev–Trinajstić information content (AvgIpc) is 3.29. The molecule has 1 unspecified atom stereocenters. The van der Waals surface area contributed by atoms with Crippen molar-refractivity contribution >= 4 is 11.3 Å². The molecule has 3 nitrogen and oxygen atoms in total. The summed E-state index contributed by atoms with van der Waals surface area (Å²) in [4.78, 5) is 6.88. The number of nitrogens with zero attached hydrogens (tertiary/aromatic N) is 2. The molecule has 2 aromatic heterocycles. The summed E-state index contributed by atoms with van der Waals surface area (Å²) in [6, 6.07) is 6.89. The Balaban J connectivity index is 1.66. The van der Waals surface area contributed by atoms with Gasteiger partial charge in [-0.1, -0.05) is 6.07 Å². The van der Waals surface area contributed by atoms with Crippen LogP contribution in [-0.2, 0) is 11.2 Å². The van der Waals surface area contributed by atoms with Crippen LogP contribution in [0.15, 0.2) is 41.4 Å². The van der Waals surface area contributed by atoms with Gasteiger partial charge in [-0.2, -0.15) is 11.3 Å². The summed E-state index contributed by atoms with van der Waals surface area (Å²) in [6.07, 6.45) is 7.44. The van der Waals surface area contributed by atoms with E-state index in [9.17, 15) is 0 Å². The SMILES string of the molecule is CCOC[C@]1(CCc2ccsc2)CCN(C(C)c2cccnc2)C1. The Bertz CT molecular complexity index is 601. The first-order valence-corrected chi connectivity index (χ1v) is 9.89. The van der Waals surface area contributed by atoms with Crippen LogP contribution >= 0.6 is 11.3 Å². The average molecular weight is 345 g/mol. The molecule has 0 amide bonds. The zero-order valence-electron chi connectivity index (χ0n) is 14.8. The Kier molecular flexibility index (Phi) is 6.04. The minimum absolute atomic E-state index is 0.286. The van der Waals surface area contributed by atoms with Crippen LogP contribution in [0.3, 0.4) is 0 Å². The predicted molar refractivity (Wildman–Crippen MR) is 100 cm³/mol. The van der Waals surface area contributed by atoms with E-state index in [1.165, 1.54) is 24.0 Å². The van der Waals surface area contributed by atoms with Crippen LogP contribution in [-0.4, -0.2) is 36.2 Å². The van der Waals surface area contributed by atoms with Gasteiger partial charge < -0.3 is 4.74 Å². The van der Waals surface area contributed by atoms with E-state index in [-0.39, 0.29) is 5.41 Å². The van der Waals surface area contributed by atoms with Gasteiger partial charge in [-0.15, -0.1) is 0 Å². The highest BCUT2D eigenvalue weighted by Crippen LogP contribution is 2.39. The molecule has 3 heterocycles. The number of hydrogen-bond acceptors (Lipinski definition) is 4. The lowest BCUT2D eigenvalue weighted by atomic mass is 9.82. The minimum atomic E-state index is 0.286. The molecule has 0 bridgehead atoms. The molecule has 130 valence electrons. The van der Waals surface area contributed by atoms with E-state index in [1.54, 1.807) is 11.3 Å². The summed E-state index contributed by atoms with van der Waals surface area (Å²) in [7, 11) is 0. The van der Waals surface area contributed by atoms with Crippen molar-refractivity contribution in [3.8, 4) is 0 Å². The monoisotopic (exact) mass is 344 g/mol. The second kappa shape index (κ2) is 8.24. The quantitative estimate of drug-likeness (QED) is 0.701. The summed E-state index contributed by atoms with van der Waals surface area (Å²) in [6.45, 7) is 8.34. The summed E-state index contributed by atoms with van der Waals surface area (Å²) in [5.41, 5.74) is 3.06. The molecular weight excluding hydrogens is 316 g/mol. The molecule has 1 aliphatic heterocycles. The first-order chi connectivity index (χ1) is 11.7. The second-order valence-corrected chi connectivity index (χ2v) is 7.73. The van der Waals surface area contributed by atoms with Crippen molar-refractivity contribution in [2.75, 3.05) is 26.3 Å². The summed E-state index contributed by atoms with van der Waals surface area (Å²) in [5, 5.41) is 4.45. The molecule has 0 radical (unpaired) electrons. The fraction of sp³-hybridized carbons (Fsp3) is 0.550. The first-order valence-electron chi connectivity index (χ1n) is 8.95. The molecule has 0 saturated carbocycles. The number of likely N-dealkylation sites (tertiary alicyclic amines) is 1. The van der Waals surface area contributed by atoms with Gasteiger partial charge in [0.1, 0.15) is 0 Å². The van der Waals surface area contributed by atoms with Gasteiger partial charge in [0, 0.05) is 37.0 Å². The minimum Gasteiger partial charge on any atom is -0.381 e. The number of rotatable bonds is 8. The summed E-state index contributed by atoms with van der Waals surface area (Å²) < 4.78 is 5.89. The molecule has 2 atom stereocenters. The fourth-order valence-corrected chi connectivity index (χ4v) is 4.39. The van der Waals surface area contributed by atoms with Gasteiger partial charge in [0.05, 0.1) is 6.61 Å². The van der Waals surface area contributed by atoms with Crippen molar-refractivity contribution in [3.05, 3.63) is 52.5 Å². The Hall–Kier alpha value is -1.23. The highest BCUT2D eigenvalue weighted by atomic mass is 32.1. The highest BCUT2D eigenvalue weighted by molar-refractivity contribution is 7.07. The lowest BCUT2D eigenvalue weighted by Gasteiger charge is -2.31. The highest BCUT2D eigenvalue weighted by Gasteiger charge is 2.39. The zero-order chi connectivity index (χ0) is 16.8. The number of pyridine rings is 1. The van der Waals surface area contributed by atoms with Crippen LogP contribution in [0.1, 0.15) is 43.9 Å². The van der Waals surface area contributed by atoms with E-state index in [0.717, 1.165) is 32.7 Å². The van der Waals surface area contributed by atoms with Crippen LogP contribution in [0, 0.1) is 5.41 Å². The molecule has 0 aliphatic carbocycles. The topological polar surface area (TPSA) is 25.4 Å². The summed E-state index contributed by atoms with van der Waals surface area (Å²) >= 11 is 1.79. The maximum atomic E-state index is 5.89. The van der Waals surface area contributed by atoms with Gasteiger partial charge in [-0.3, -0.25) is 9.88 Å². The molecule has 1 saturated heterocycles. The molecule has 0 N–H and O–H groups in total. The Morgan fingerprint density at radius 1 is 1.42 bits per heavy atom. The smallest absolute Gasteiger partial charge is 0.0535 e. The van der Waals surface area contributed by atoms with Crippen molar-refractivity contribution in [3.63, 3.8) is 0 Å². The van der Waals surface area contributed by atoms with E-state index in [4.69, 9.17) is 4.74 Å². The number of thiophene rings is 1. The fourth-order valence-electron chi connectivity index (χ4n) is 3.69. The van der Waals surface area contributed by atoms with Crippen molar-refractivity contribution in [1.82, 2.24) is 9.88 Å². The molecular formula is C20H28N2OS. The lowest BCUT2D eigenvalue weighted by Crippen LogP contribution is -2.33. The third-order valence-corrected chi connectivity index (χ3v) is 6.05. The third-order valence-electron chi connectivity index (χ3n) is 5.32. The van der Waals surface area contributed by atoms with Gasteiger partial charge in [0.2, 0.25) is 0 Å². The maximum Gasteiger partial charge on any atom is 0.0535 e. The largest absolute Gasteiger partial charge is 0.381 e.